The molecule has 0 unspecified atom stereocenters. The number of fused-ring (bicyclic) bond motifs is 1. The lowest BCUT2D eigenvalue weighted by molar-refractivity contribution is -0.107. The van der Waals surface area contributed by atoms with Crippen molar-refractivity contribution in [3.8, 4) is 39.3 Å². The Hall–Kier alpha value is -4.18. The number of nitrogens with two attached hydrogens (primary N) is 1. The number of rotatable bonds is 6. The molecule has 6 rings (SSSR count). The van der Waals surface area contributed by atoms with E-state index in [2.05, 4.69) is 49.5 Å². The molecule has 43 heavy (non-hydrogen) atoms. The molecule has 0 atom stereocenters. The van der Waals surface area contributed by atoms with E-state index >= 15 is 0 Å². The first-order valence-electron chi connectivity index (χ1n) is 13.5. The number of likely N-dealkylation sites (tertiary alicyclic amines) is 1. The minimum absolute atomic E-state index is 0.189. The van der Waals surface area contributed by atoms with E-state index in [0.717, 1.165) is 24.7 Å². The zero-order valence-electron chi connectivity index (χ0n) is 24.3. The first-order valence-corrected chi connectivity index (χ1v) is 14.4. The molecule has 1 saturated heterocycles. The first kappa shape index (κ1) is 33.3. The molecule has 2 aliphatic rings. The molecular weight excluding hydrogens is 574 g/mol. The lowest BCUT2D eigenvalue weighted by atomic mass is 9.96. The summed E-state index contributed by atoms with van der Waals surface area (Å²) in [7, 11) is 5.09. The maximum Gasteiger partial charge on any atom is 0.280 e. The zero-order chi connectivity index (χ0) is 31.4. The first-order chi connectivity index (χ1) is 20.9. The fraction of sp³-hybridized carbons (Fsp3) is 0.355. The van der Waals surface area contributed by atoms with E-state index in [9.17, 15) is 13.6 Å². The fourth-order valence-electron chi connectivity index (χ4n) is 3.95. The van der Waals surface area contributed by atoms with Gasteiger partial charge in [0.25, 0.3) is 6.43 Å². The van der Waals surface area contributed by atoms with E-state index in [1.165, 1.54) is 57.3 Å². The third-order valence-corrected chi connectivity index (χ3v) is 7.41. The van der Waals surface area contributed by atoms with Crippen LogP contribution in [0.15, 0.2) is 36.7 Å². The predicted octanol–water partition coefficient (Wildman–Crippen LogP) is 4.98. The second-order valence-electron chi connectivity index (χ2n) is 9.46. The molecule has 9 nitrogen and oxygen atoms in total. The molecule has 2 N–H and O–H groups in total. The molecule has 0 bridgehead atoms. The SMILES string of the molecule is C=O.CN.CN1CCC1.COc1cnc(C(F)F)cc1-c1cc(CC=O)ccc1-c1nc2ncc(C#CC3CC3)nc2s1. The maximum absolute atomic E-state index is 13.4. The third-order valence-electron chi connectivity index (χ3n) is 6.44. The number of benzene rings is 1. The zero-order valence-corrected chi connectivity index (χ0v) is 25.2. The smallest absolute Gasteiger partial charge is 0.280 e. The number of aromatic nitrogens is 4. The highest BCUT2D eigenvalue weighted by atomic mass is 32.1. The highest BCUT2D eigenvalue weighted by Crippen LogP contribution is 2.41. The molecule has 0 radical (unpaired) electrons. The Morgan fingerprint density at radius 1 is 1.12 bits per heavy atom. The van der Waals surface area contributed by atoms with Crippen LogP contribution in [0.4, 0.5) is 8.78 Å². The van der Waals surface area contributed by atoms with Gasteiger partial charge >= 0.3 is 0 Å². The van der Waals surface area contributed by atoms with Crippen LogP contribution in [0.3, 0.4) is 0 Å². The van der Waals surface area contributed by atoms with Crippen molar-refractivity contribution in [2.75, 3.05) is 34.3 Å². The number of ether oxygens (including phenoxy) is 1. The van der Waals surface area contributed by atoms with Crippen LogP contribution < -0.4 is 10.5 Å². The number of carbonyl (C=O) groups is 2. The summed E-state index contributed by atoms with van der Waals surface area (Å²) in [5.41, 5.74) is 7.67. The molecule has 4 aromatic rings. The van der Waals surface area contributed by atoms with Crippen LogP contribution in [-0.2, 0) is 16.0 Å². The lowest BCUT2D eigenvalue weighted by Gasteiger charge is -2.24. The van der Waals surface area contributed by atoms with Crippen molar-refractivity contribution >= 4 is 34.9 Å². The summed E-state index contributed by atoms with van der Waals surface area (Å²) in [6, 6.07) is 6.73. The van der Waals surface area contributed by atoms with Gasteiger partial charge in [-0.25, -0.2) is 23.7 Å². The number of methoxy groups -OCH3 is 1. The molecule has 12 heteroatoms. The molecule has 226 valence electrons. The van der Waals surface area contributed by atoms with Crippen molar-refractivity contribution in [2.24, 2.45) is 11.7 Å². The molecule has 1 aliphatic heterocycles. The summed E-state index contributed by atoms with van der Waals surface area (Å²) in [6.45, 7) is 4.64. The van der Waals surface area contributed by atoms with Crippen molar-refractivity contribution in [3.05, 3.63) is 53.6 Å². The highest BCUT2D eigenvalue weighted by Gasteiger charge is 2.20. The Bertz CT molecular complexity index is 1580. The molecule has 2 fully saturated rings. The van der Waals surface area contributed by atoms with Gasteiger partial charge < -0.3 is 25.0 Å². The van der Waals surface area contributed by atoms with Gasteiger partial charge in [-0.05, 0) is 75.6 Å². The van der Waals surface area contributed by atoms with Crippen molar-refractivity contribution in [2.45, 2.75) is 32.1 Å². The van der Waals surface area contributed by atoms with E-state index in [1.54, 1.807) is 12.3 Å². The summed E-state index contributed by atoms with van der Waals surface area (Å²) in [6.07, 6.45) is 4.80. The van der Waals surface area contributed by atoms with Crippen molar-refractivity contribution in [1.29, 1.82) is 0 Å². The number of hydrogen-bond donors (Lipinski definition) is 1. The minimum atomic E-state index is -2.74. The largest absolute Gasteiger partial charge is 0.494 e. The highest BCUT2D eigenvalue weighted by molar-refractivity contribution is 7.21. The van der Waals surface area contributed by atoms with Gasteiger partial charge in [0.1, 0.15) is 35.2 Å². The standard InChI is InChI=1S/C25H18F2N4O2S.C4H9N.CH5N.CH2O/c1-33-21-13-28-20(22(26)27)11-19(21)18-10-15(8-9-32)5-7-17(18)24-31-23-25(34-24)30-16(12-29-23)6-4-14-2-3-14;1-5-3-2-4-5;2*1-2/h5,7,9-14,22H,2-3,8H2,1H3;2-4H2,1H3;2H2,1H3;1H2. The monoisotopic (exact) mass is 608 g/mol. The molecule has 3 aromatic heterocycles. The van der Waals surface area contributed by atoms with E-state index in [-0.39, 0.29) is 12.1 Å². The van der Waals surface area contributed by atoms with E-state index < -0.39 is 6.43 Å². The Morgan fingerprint density at radius 3 is 2.42 bits per heavy atom. The van der Waals surface area contributed by atoms with Crippen LogP contribution in [0.1, 0.15) is 42.6 Å². The average molecular weight is 609 g/mol. The van der Waals surface area contributed by atoms with Crippen molar-refractivity contribution < 1.29 is 23.1 Å². The number of hydrogen-bond acceptors (Lipinski definition) is 10. The quantitative estimate of drug-likeness (QED) is 0.238. The summed E-state index contributed by atoms with van der Waals surface area (Å²) in [5.74, 6) is 7.03. The third kappa shape index (κ3) is 8.90. The summed E-state index contributed by atoms with van der Waals surface area (Å²) in [5, 5.41) is 0.618. The van der Waals surface area contributed by atoms with Crippen LogP contribution in [0.5, 0.6) is 5.75 Å². The molecule has 0 spiro atoms. The van der Waals surface area contributed by atoms with Gasteiger partial charge in [0.2, 0.25) is 0 Å². The Labute approximate surface area is 253 Å². The normalized spacial score (nSPS) is 13.6. The number of thiazole rings is 1. The van der Waals surface area contributed by atoms with Gasteiger partial charge in [0.05, 0.1) is 19.5 Å². The number of aldehydes is 1. The molecule has 1 aromatic carbocycles. The molecule has 1 aliphatic carbocycles. The molecular formula is C31H34F2N6O3S. The van der Waals surface area contributed by atoms with Crippen molar-refractivity contribution in [1.82, 2.24) is 24.8 Å². The van der Waals surface area contributed by atoms with Crippen LogP contribution >= 0.6 is 11.3 Å². The Kier molecular flexibility index (Phi) is 12.8. The fourth-order valence-corrected chi connectivity index (χ4v) is 4.89. The summed E-state index contributed by atoms with van der Waals surface area (Å²) in [4.78, 5) is 39.5. The number of alkyl halides is 2. The maximum atomic E-state index is 13.4. The van der Waals surface area contributed by atoms with Gasteiger partial charge in [-0.15, -0.1) is 0 Å². The Morgan fingerprint density at radius 2 is 1.84 bits per heavy atom. The predicted molar refractivity (Wildman–Crippen MR) is 164 cm³/mol. The van der Waals surface area contributed by atoms with Gasteiger partial charge in [0, 0.05) is 23.5 Å². The minimum Gasteiger partial charge on any atom is -0.494 e. The van der Waals surface area contributed by atoms with Crippen LogP contribution in [0, 0.1) is 17.8 Å². The van der Waals surface area contributed by atoms with Crippen LogP contribution in [0.2, 0.25) is 0 Å². The van der Waals surface area contributed by atoms with Gasteiger partial charge in [-0.1, -0.05) is 29.4 Å². The van der Waals surface area contributed by atoms with E-state index in [4.69, 9.17) is 9.53 Å². The second-order valence-corrected chi connectivity index (χ2v) is 10.4. The van der Waals surface area contributed by atoms with Crippen LogP contribution in [-0.4, -0.2) is 72.2 Å². The number of pyridine rings is 1. The molecule has 1 saturated carbocycles. The van der Waals surface area contributed by atoms with E-state index in [0.29, 0.717) is 49.5 Å². The number of nitrogens with zero attached hydrogens (tertiary/aromatic N) is 5. The second kappa shape index (κ2) is 16.5. The summed E-state index contributed by atoms with van der Waals surface area (Å²) < 4.78 is 32.3. The number of carbonyl (C=O) groups excluding carboxylic acids is 2. The average Bonchev–Trinajstić information content (AvgIpc) is 3.77. The Balaban J connectivity index is 0.000000495. The molecule has 0 amide bonds. The van der Waals surface area contributed by atoms with Gasteiger partial charge in [-0.2, -0.15) is 0 Å². The molecule has 4 heterocycles. The van der Waals surface area contributed by atoms with Gasteiger partial charge in [0.15, 0.2) is 10.5 Å². The van der Waals surface area contributed by atoms with Crippen LogP contribution in [0.25, 0.3) is 32.2 Å². The topological polar surface area (TPSA) is 124 Å². The lowest BCUT2D eigenvalue weighted by Crippen LogP contribution is -2.32. The summed E-state index contributed by atoms with van der Waals surface area (Å²) >= 11 is 1.34. The van der Waals surface area contributed by atoms with Gasteiger partial charge in [-0.3, -0.25) is 4.98 Å². The van der Waals surface area contributed by atoms with E-state index in [1.807, 2.05) is 18.9 Å². The number of halogens is 2. The van der Waals surface area contributed by atoms with Crippen molar-refractivity contribution in [3.63, 3.8) is 0 Å².